The second-order valence-electron chi connectivity index (χ2n) is 9.91. The van der Waals surface area contributed by atoms with Crippen LogP contribution in [0.3, 0.4) is 0 Å². The van der Waals surface area contributed by atoms with Crippen LogP contribution in [0.25, 0.3) is 0 Å². The zero-order chi connectivity index (χ0) is 24.9. The summed E-state index contributed by atoms with van der Waals surface area (Å²) in [7, 11) is -3.68. The molecule has 1 saturated heterocycles. The van der Waals surface area contributed by atoms with Crippen molar-refractivity contribution in [2.24, 2.45) is 0 Å². The van der Waals surface area contributed by atoms with E-state index < -0.39 is 19.7 Å². The van der Waals surface area contributed by atoms with E-state index in [0.717, 1.165) is 25.9 Å². The number of ether oxygens (including phenoxy) is 2. The van der Waals surface area contributed by atoms with Gasteiger partial charge in [-0.1, -0.05) is 84.0 Å². The van der Waals surface area contributed by atoms with Crippen LogP contribution in [-0.4, -0.2) is 62.6 Å². The molecule has 0 aliphatic carbocycles. The largest absolute Gasteiger partial charge is 0.458 e. The maximum absolute atomic E-state index is 12.3. The molecule has 8 heteroatoms. The molecule has 202 valence electrons. The van der Waals surface area contributed by atoms with Gasteiger partial charge < -0.3 is 23.8 Å². The molecule has 0 aromatic rings. The van der Waals surface area contributed by atoms with Crippen LogP contribution < -0.4 is 4.90 Å². The number of rotatable bonds is 23. The Labute approximate surface area is 208 Å². The van der Waals surface area contributed by atoms with Gasteiger partial charge >= 0.3 is 13.6 Å². The van der Waals surface area contributed by atoms with Crippen molar-refractivity contribution in [3.63, 3.8) is 0 Å². The van der Waals surface area contributed by atoms with E-state index >= 15 is 0 Å². The molecule has 1 fully saturated rings. The highest BCUT2D eigenvalue weighted by Crippen LogP contribution is 2.41. The van der Waals surface area contributed by atoms with Crippen LogP contribution >= 0.6 is 7.60 Å². The molecule has 2 unspecified atom stereocenters. The molecule has 1 heterocycles. The van der Waals surface area contributed by atoms with E-state index in [-0.39, 0.29) is 19.4 Å². The van der Waals surface area contributed by atoms with Crippen LogP contribution in [0, 0.1) is 0 Å². The summed E-state index contributed by atoms with van der Waals surface area (Å²) in [6, 6.07) is 0. The van der Waals surface area contributed by atoms with E-state index in [9.17, 15) is 14.3 Å². The van der Waals surface area contributed by atoms with Crippen LogP contribution in [0.2, 0.25) is 0 Å². The fourth-order valence-corrected chi connectivity index (χ4v) is 5.60. The lowest BCUT2D eigenvalue weighted by atomic mass is 10.0. The smallest absolute Gasteiger partial charge is 0.333 e. The summed E-state index contributed by atoms with van der Waals surface area (Å²) in [5, 5.41) is 0. The van der Waals surface area contributed by atoms with Crippen LogP contribution in [0.15, 0.2) is 0 Å². The molecule has 0 aromatic heterocycles. The first-order valence-corrected chi connectivity index (χ1v) is 15.7. The predicted octanol–water partition coefficient (Wildman–Crippen LogP) is 4.91. The average molecular weight is 507 g/mol. The molecule has 1 aliphatic rings. The zero-order valence-electron chi connectivity index (χ0n) is 22.1. The maximum Gasteiger partial charge on any atom is 0.333 e. The van der Waals surface area contributed by atoms with Gasteiger partial charge in [0.2, 0.25) is 0 Å². The number of unbranched alkanes of at least 4 members (excludes halogenated alkanes) is 12. The number of quaternary nitrogens is 1. The third-order valence-electron chi connectivity index (χ3n) is 6.55. The van der Waals surface area contributed by atoms with Gasteiger partial charge in [-0.05, 0) is 6.42 Å². The van der Waals surface area contributed by atoms with Crippen molar-refractivity contribution in [2.45, 2.75) is 116 Å². The molecule has 0 saturated carbocycles. The van der Waals surface area contributed by atoms with E-state index in [1.54, 1.807) is 0 Å². The first-order chi connectivity index (χ1) is 16.4. The fourth-order valence-electron chi connectivity index (χ4n) is 4.48. The first-order valence-electron chi connectivity index (χ1n) is 14.0. The van der Waals surface area contributed by atoms with Crippen molar-refractivity contribution in [3.8, 4) is 0 Å². The molecule has 34 heavy (non-hydrogen) atoms. The molecule has 0 bridgehead atoms. The lowest BCUT2D eigenvalue weighted by molar-refractivity contribution is -0.884. The van der Waals surface area contributed by atoms with E-state index in [1.807, 2.05) is 0 Å². The third kappa shape index (κ3) is 18.8. The Bertz CT molecular complexity index is 541. The summed E-state index contributed by atoms with van der Waals surface area (Å²) >= 11 is 0. The van der Waals surface area contributed by atoms with E-state index in [2.05, 4.69) is 6.92 Å². The number of likely N-dealkylation sites (tertiary alicyclic amines) is 1. The van der Waals surface area contributed by atoms with E-state index in [4.69, 9.17) is 14.0 Å². The molecule has 0 aromatic carbocycles. The Hall–Kier alpha value is -0.460. The number of carbonyl (C=O) groups is 1. The molecule has 0 amide bonds. The molecule has 0 radical (unpaired) electrons. The second kappa shape index (κ2) is 20.7. The zero-order valence-corrected chi connectivity index (χ0v) is 23.0. The minimum absolute atomic E-state index is 0.110. The van der Waals surface area contributed by atoms with Gasteiger partial charge in [-0.15, -0.1) is 0 Å². The van der Waals surface area contributed by atoms with Gasteiger partial charge in [0.15, 0.2) is 0 Å². The monoisotopic (exact) mass is 506 g/mol. The predicted molar refractivity (Wildman–Crippen MR) is 138 cm³/mol. The summed E-state index contributed by atoms with van der Waals surface area (Å²) < 4.78 is 28.5. The van der Waals surface area contributed by atoms with E-state index in [1.165, 1.54) is 95.3 Å². The highest BCUT2D eigenvalue weighted by Gasteiger charge is 2.26. The van der Waals surface area contributed by atoms with E-state index in [0.29, 0.717) is 13.2 Å². The summed E-state index contributed by atoms with van der Waals surface area (Å²) in [6.45, 7) is 7.03. The van der Waals surface area contributed by atoms with Crippen LogP contribution in [0.4, 0.5) is 0 Å². The topological polar surface area (TPSA) is 86.5 Å². The van der Waals surface area contributed by atoms with Gasteiger partial charge in [-0.3, -0.25) is 9.36 Å². The quantitative estimate of drug-likeness (QED) is 0.116. The number of esters is 1. The average Bonchev–Trinajstić information content (AvgIpc) is 3.32. The van der Waals surface area contributed by atoms with Crippen molar-refractivity contribution < 1.29 is 33.2 Å². The van der Waals surface area contributed by atoms with Gasteiger partial charge in [-0.25, -0.2) is 0 Å². The minimum atomic E-state index is -3.68. The molecule has 7 nitrogen and oxygen atoms in total. The van der Waals surface area contributed by atoms with Crippen molar-refractivity contribution in [3.05, 3.63) is 0 Å². The highest BCUT2D eigenvalue weighted by atomic mass is 31.2. The minimum Gasteiger partial charge on any atom is -0.458 e. The third-order valence-corrected chi connectivity index (χ3v) is 7.89. The number of hydrogen-bond acceptors (Lipinski definition) is 5. The molecule has 0 spiro atoms. The maximum atomic E-state index is 12.3. The lowest BCUT2D eigenvalue weighted by Crippen LogP contribution is -3.10. The second-order valence-corrected chi connectivity index (χ2v) is 11.9. The molecular formula is C26H53NO6P+. The highest BCUT2D eigenvalue weighted by molar-refractivity contribution is 7.52. The summed E-state index contributed by atoms with van der Waals surface area (Å²) in [6.07, 6.45) is 18.8. The Morgan fingerprint density at radius 3 is 1.94 bits per heavy atom. The van der Waals surface area contributed by atoms with Crippen molar-refractivity contribution in [2.75, 3.05) is 45.6 Å². The number of nitrogens with one attached hydrogen (secondary N) is 1. The number of carbonyl (C=O) groups excluding carboxylic acids is 1. The molecule has 2 atom stereocenters. The summed E-state index contributed by atoms with van der Waals surface area (Å²) in [5.41, 5.74) is 0. The molecule has 2 N–H and O–H groups in total. The van der Waals surface area contributed by atoms with Crippen LogP contribution in [0.5, 0.6) is 0 Å². The standard InChI is InChI=1S/C26H52NO6P/c1-3-4-5-6-7-8-9-10-11-12-13-14-17-21-31-23-26(33-25(2)28)24-32-34(29,30)22-20-27-18-15-16-19-27/h26H,3-24H2,1-2H3,(H,29,30)/p+1. The normalized spacial score (nSPS) is 17.0. The first kappa shape index (κ1) is 31.6. The molecular weight excluding hydrogens is 453 g/mol. The van der Waals surface area contributed by atoms with Gasteiger partial charge in [-0.2, -0.15) is 0 Å². The van der Waals surface area contributed by atoms with Crippen LogP contribution in [-0.2, 0) is 23.4 Å². The van der Waals surface area contributed by atoms with Crippen LogP contribution in [0.1, 0.15) is 110 Å². The van der Waals surface area contributed by atoms with Gasteiger partial charge in [0, 0.05) is 26.4 Å². The Morgan fingerprint density at radius 2 is 1.41 bits per heavy atom. The van der Waals surface area contributed by atoms with Crippen molar-refractivity contribution >= 4 is 13.6 Å². The Balaban J connectivity index is 2.02. The van der Waals surface area contributed by atoms with Crippen molar-refractivity contribution in [1.82, 2.24) is 0 Å². The Kier molecular flexibility index (Phi) is 19.2. The molecule has 1 aliphatic heterocycles. The summed E-state index contributed by atoms with van der Waals surface area (Å²) in [5.74, 6) is -0.438. The SMILES string of the molecule is CCCCCCCCCCCCCCCOCC(COP(=O)(O)CC[NH+]1CCCC1)OC(C)=O. The number of hydrogen-bond donors (Lipinski definition) is 2. The molecule has 1 rings (SSSR count). The van der Waals surface area contributed by atoms with Gasteiger partial charge in [0.05, 0.1) is 39.0 Å². The summed E-state index contributed by atoms with van der Waals surface area (Å²) in [4.78, 5) is 22.8. The van der Waals surface area contributed by atoms with Gasteiger partial charge in [0.1, 0.15) is 6.10 Å². The van der Waals surface area contributed by atoms with Crippen molar-refractivity contribution in [1.29, 1.82) is 0 Å². The fraction of sp³-hybridized carbons (Fsp3) is 0.962. The van der Waals surface area contributed by atoms with Gasteiger partial charge in [0.25, 0.3) is 0 Å². The Morgan fingerprint density at radius 1 is 0.882 bits per heavy atom. The lowest BCUT2D eigenvalue weighted by Gasteiger charge is -2.20.